The van der Waals surface area contributed by atoms with E-state index < -0.39 is 29.4 Å². The van der Waals surface area contributed by atoms with E-state index in [2.05, 4.69) is 4.98 Å². The molecule has 2 heterocycles. The maximum Gasteiger partial charge on any atom is 0.354 e. The lowest BCUT2D eigenvalue weighted by Gasteiger charge is -2.14. The van der Waals surface area contributed by atoms with E-state index in [9.17, 15) is 23.2 Å². The molecule has 0 saturated carbocycles. The van der Waals surface area contributed by atoms with Gasteiger partial charge in [-0.3, -0.25) is 4.79 Å². The van der Waals surface area contributed by atoms with E-state index in [1.807, 2.05) is 0 Å². The number of hydrogen-bond donors (Lipinski definition) is 1. The molecule has 0 saturated heterocycles. The molecule has 31 heavy (non-hydrogen) atoms. The van der Waals surface area contributed by atoms with Gasteiger partial charge in [-0.25, -0.2) is 27.8 Å². The molecule has 0 radical (unpaired) electrons. The van der Waals surface area contributed by atoms with Crippen LogP contribution < -0.4 is 21.8 Å². The molecular formula is C19H15ClF2N4O4S. The Kier molecular flexibility index (Phi) is 7.08. The Bertz CT molecular complexity index is 1250. The molecule has 12 heteroatoms. The number of aromatic nitrogens is 3. The SMILES string of the molecule is Nn1c(CF)cc(=O)n(-c2cc(Oc3cccnc3SCCC=O)c(Cl)cc2F)c1=O. The average Bonchev–Trinajstić information content (AvgIpc) is 2.75. The summed E-state index contributed by atoms with van der Waals surface area (Å²) in [6.07, 6.45) is 2.62. The minimum atomic E-state index is -1.15. The van der Waals surface area contributed by atoms with E-state index in [-0.39, 0.29) is 22.2 Å². The largest absolute Gasteiger partial charge is 0.453 e. The maximum atomic E-state index is 14.6. The fourth-order valence-electron chi connectivity index (χ4n) is 2.58. The van der Waals surface area contributed by atoms with Crippen molar-refractivity contribution in [2.24, 2.45) is 0 Å². The average molecular weight is 469 g/mol. The van der Waals surface area contributed by atoms with Crippen molar-refractivity contribution in [1.82, 2.24) is 14.2 Å². The number of pyridine rings is 1. The molecule has 8 nitrogen and oxygen atoms in total. The normalized spacial score (nSPS) is 10.8. The van der Waals surface area contributed by atoms with Crippen molar-refractivity contribution in [3.63, 3.8) is 0 Å². The van der Waals surface area contributed by atoms with E-state index in [1.165, 1.54) is 18.0 Å². The summed E-state index contributed by atoms with van der Waals surface area (Å²) in [6.45, 7) is -1.15. The van der Waals surface area contributed by atoms with Crippen LogP contribution in [0.5, 0.6) is 11.5 Å². The van der Waals surface area contributed by atoms with Gasteiger partial charge in [0.15, 0.2) is 5.75 Å². The molecule has 2 aromatic heterocycles. The Morgan fingerprint density at radius 2 is 2.03 bits per heavy atom. The summed E-state index contributed by atoms with van der Waals surface area (Å²) < 4.78 is 34.2. The number of alkyl halides is 1. The number of aldehydes is 1. The number of halogens is 3. The number of rotatable bonds is 8. The van der Waals surface area contributed by atoms with Crippen LogP contribution in [0.25, 0.3) is 5.69 Å². The number of nitrogens with zero attached hydrogens (tertiary/aromatic N) is 3. The van der Waals surface area contributed by atoms with Crippen LogP contribution in [0, 0.1) is 5.82 Å². The molecule has 2 N–H and O–H groups in total. The van der Waals surface area contributed by atoms with Crippen LogP contribution in [0.2, 0.25) is 5.02 Å². The third kappa shape index (κ3) is 4.78. The minimum Gasteiger partial charge on any atom is -0.453 e. The quantitative estimate of drug-likeness (QED) is 0.234. The van der Waals surface area contributed by atoms with Crippen molar-refractivity contribution < 1.29 is 18.3 Å². The number of thioether (sulfide) groups is 1. The van der Waals surface area contributed by atoms with Crippen LogP contribution in [0.4, 0.5) is 8.78 Å². The highest BCUT2D eigenvalue weighted by molar-refractivity contribution is 7.99. The Morgan fingerprint density at radius 3 is 2.74 bits per heavy atom. The van der Waals surface area contributed by atoms with Crippen molar-refractivity contribution in [2.75, 3.05) is 11.6 Å². The molecule has 0 aliphatic heterocycles. The summed E-state index contributed by atoms with van der Waals surface area (Å²) >= 11 is 7.36. The standard InChI is InChI=1S/C19H15ClF2N4O4S/c20-12-8-13(22)14(25-17(28)7-11(10-21)26(23)19(25)29)9-16(12)30-15-3-1-4-24-18(15)31-6-2-5-27/h1,3-5,7-9H,2,6,10,23H2. The molecule has 1 aromatic carbocycles. The lowest BCUT2D eigenvalue weighted by Crippen LogP contribution is -2.43. The van der Waals surface area contributed by atoms with E-state index in [1.54, 1.807) is 12.1 Å². The number of carbonyl (C=O) groups excluding carboxylic acids is 1. The summed E-state index contributed by atoms with van der Waals surface area (Å²) in [6, 6.07) is 5.91. The predicted octanol–water partition coefficient (Wildman–Crippen LogP) is 2.84. The van der Waals surface area contributed by atoms with Gasteiger partial charge in [-0.15, -0.1) is 11.8 Å². The third-order valence-corrected chi connectivity index (χ3v) is 5.34. The highest BCUT2D eigenvalue weighted by atomic mass is 35.5. The number of nitrogen functional groups attached to an aromatic ring is 1. The van der Waals surface area contributed by atoms with Crippen molar-refractivity contribution in [3.8, 4) is 17.2 Å². The number of ether oxygens (including phenoxy) is 1. The van der Waals surface area contributed by atoms with Crippen molar-refractivity contribution >= 4 is 29.6 Å². The summed E-state index contributed by atoms with van der Waals surface area (Å²) in [5.41, 5.74) is -2.95. The van der Waals surface area contributed by atoms with Gasteiger partial charge in [0.05, 0.1) is 16.4 Å². The smallest absolute Gasteiger partial charge is 0.354 e. The van der Waals surface area contributed by atoms with Gasteiger partial charge < -0.3 is 15.4 Å². The number of carbonyl (C=O) groups is 1. The maximum absolute atomic E-state index is 14.6. The predicted molar refractivity (Wildman–Crippen MR) is 112 cm³/mol. The molecule has 3 aromatic rings. The van der Waals surface area contributed by atoms with Gasteiger partial charge >= 0.3 is 5.69 Å². The summed E-state index contributed by atoms with van der Waals surface area (Å²) in [4.78, 5) is 39.5. The van der Waals surface area contributed by atoms with Crippen LogP contribution >= 0.6 is 23.4 Å². The first-order chi connectivity index (χ1) is 14.9. The number of hydrogen-bond acceptors (Lipinski definition) is 7. The van der Waals surface area contributed by atoms with E-state index in [0.717, 1.165) is 24.5 Å². The molecule has 0 unspecified atom stereocenters. The molecule has 0 atom stereocenters. The fraction of sp³-hybridized carbons (Fsp3) is 0.158. The van der Waals surface area contributed by atoms with E-state index in [0.29, 0.717) is 26.4 Å². The second kappa shape index (κ2) is 9.75. The Balaban J connectivity index is 2.07. The highest BCUT2D eigenvalue weighted by Crippen LogP contribution is 2.36. The van der Waals surface area contributed by atoms with E-state index in [4.69, 9.17) is 22.2 Å². The minimum absolute atomic E-state index is 0.0623. The van der Waals surface area contributed by atoms with Crippen molar-refractivity contribution in [1.29, 1.82) is 0 Å². The molecule has 0 spiro atoms. The molecule has 0 amide bonds. The second-order valence-electron chi connectivity index (χ2n) is 6.04. The molecule has 0 bridgehead atoms. The molecule has 0 fully saturated rings. The van der Waals surface area contributed by atoms with Crippen LogP contribution in [-0.4, -0.2) is 26.3 Å². The topological polar surface area (TPSA) is 109 Å². The Hall–Kier alpha value is -3.18. The Labute approximate surface area is 183 Å². The summed E-state index contributed by atoms with van der Waals surface area (Å²) in [5, 5.41) is 0.329. The number of benzene rings is 1. The van der Waals surface area contributed by atoms with Crippen molar-refractivity contribution in [3.05, 3.63) is 73.9 Å². The molecule has 0 aliphatic carbocycles. The second-order valence-corrected chi connectivity index (χ2v) is 7.53. The van der Waals surface area contributed by atoms with Gasteiger partial charge in [0.1, 0.15) is 29.6 Å². The zero-order valence-corrected chi connectivity index (χ0v) is 17.3. The fourth-order valence-corrected chi connectivity index (χ4v) is 3.56. The van der Waals surface area contributed by atoms with Crippen LogP contribution in [0.15, 0.2) is 51.1 Å². The highest BCUT2D eigenvalue weighted by Gasteiger charge is 2.19. The van der Waals surface area contributed by atoms with Crippen LogP contribution in [-0.2, 0) is 11.5 Å². The van der Waals surface area contributed by atoms with Crippen LogP contribution in [0.3, 0.4) is 0 Å². The first-order valence-electron chi connectivity index (χ1n) is 8.75. The summed E-state index contributed by atoms with van der Waals surface area (Å²) in [5.74, 6) is 5.19. The Morgan fingerprint density at radius 1 is 1.26 bits per heavy atom. The number of nitrogens with two attached hydrogens (primary N) is 1. The monoisotopic (exact) mass is 468 g/mol. The zero-order valence-electron chi connectivity index (χ0n) is 15.8. The van der Waals surface area contributed by atoms with Gasteiger partial charge in [0, 0.05) is 30.5 Å². The van der Waals surface area contributed by atoms with Crippen molar-refractivity contribution in [2.45, 2.75) is 18.1 Å². The lowest BCUT2D eigenvalue weighted by atomic mass is 10.2. The van der Waals surface area contributed by atoms with Gasteiger partial charge in [0.25, 0.3) is 5.56 Å². The third-order valence-electron chi connectivity index (χ3n) is 4.03. The lowest BCUT2D eigenvalue weighted by molar-refractivity contribution is -0.107. The van der Waals surface area contributed by atoms with Gasteiger partial charge in [0.2, 0.25) is 0 Å². The molecular weight excluding hydrogens is 454 g/mol. The zero-order chi connectivity index (χ0) is 22.5. The summed E-state index contributed by atoms with van der Waals surface area (Å²) in [7, 11) is 0. The van der Waals surface area contributed by atoms with Gasteiger partial charge in [-0.2, -0.15) is 0 Å². The molecule has 162 valence electrons. The van der Waals surface area contributed by atoms with Crippen LogP contribution in [0.1, 0.15) is 12.1 Å². The van der Waals surface area contributed by atoms with Gasteiger partial charge in [-0.1, -0.05) is 11.6 Å². The van der Waals surface area contributed by atoms with E-state index >= 15 is 0 Å². The first kappa shape index (κ1) is 22.5. The first-order valence-corrected chi connectivity index (χ1v) is 10.1. The molecule has 3 rings (SSSR count). The van der Waals surface area contributed by atoms with Gasteiger partial charge in [-0.05, 0) is 18.2 Å². The molecule has 0 aliphatic rings.